The van der Waals surface area contributed by atoms with Crippen molar-refractivity contribution in [3.05, 3.63) is 63.0 Å². The summed E-state index contributed by atoms with van der Waals surface area (Å²) in [6, 6.07) is 8.77. The molecule has 3 rings (SSSR count). The Morgan fingerprint density at radius 1 is 1.09 bits per heavy atom. The van der Waals surface area contributed by atoms with Crippen LogP contribution in [0.3, 0.4) is 0 Å². The van der Waals surface area contributed by atoms with Crippen LogP contribution in [0.2, 0.25) is 0 Å². The van der Waals surface area contributed by atoms with Gasteiger partial charge in [0.15, 0.2) is 5.13 Å². The number of thiazole rings is 1. The maximum atomic E-state index is 13.0. The molecule has 0 aliphatic heterocycles. The molecule has 0 unspecified atom stereocenters. The highest BCUT2D eigenvalue weighted by Gasteiger charge is 2.26. The SMILES string of the molecule is COc1cc(OC)cc(C(=O)N[C@H](C(=O)Nc2nc(-c3ccc(C)c([N+](=O)[O-])c3)cs2)C(C)C)c1. The van der Waals surface area contributed by atoms with Crippen LogP contribution in [0.5, 0.6) is 11.5 Å². The number of benzene rings is 2. The van der Waals surface area contributed by atoms with Gasteiger partial charge in [-0.25, -0.2) is 4.98 Å². The second-order valence-electron chi connectivity index (χ2n) is 8.08. The molecule has 11 heteroatoms. The van der Waals surface area contributed by atoms with Crippen molar-refractivity contribution in [3.8, 4) is 22.8 Å². The zero-order valence-corrected chi connectivity index (χ0v) is 20.8. The van der Waals surface area contributed by atoms with E-state index < -0.39 is 22.8 Å². The van der Waals surface area contributed by atoms with Crippen LogP contribution in [-0.4, -0.2) is 42.0 Å². The second kappa shape index (κ2) is 11.0. The van der Waals surface area contributed by atoms with Gasteiger partial charge in [0, 0.05) is 34.2 Å². The summed E-state index contributed by atoms with van der Waals surface area (Å²) in [4.78, 5) is 41.1. The number of carbonyl (C=O) groups is 2. The predicted molar refractivity (Wildman–Crippen MR) is 133 cm³/mol. The minimum absolute atomic E-state index is 0.00200. The van der Waals surface area contributed by atoms with Crippen LogP contribution in [0.4, 0.5) is 10.8 Å². The summed E-state index contributed by atoms with van der Waals surface area (Å²) < 4.78 is 10.4. The van der Waals surface area contributed by atoms with E-state index in [-0.39, 0.29) is 17.2 Å². The molecule has 1 heterocycles. The van der Waals surface area contributed by atoms with E-state index in [4.69, 9.17) is 9.47 Å². The standard InChI is InChI=1S/C24H26N4O6S/c1-13(2)21(26-22(29)16-8-17(33-4)11-18(9-16)34-5)23(30)27-24-25-19(12-35-24)15-7-6-14(3)20(10-15)28(31)32/h6-13,21H,1-5H3,(H,26,29)(H,25,27,30)/t21-/m0/s1. The molecular weight excluding hydrogens is 472 g/mol. The van der Waals surface area contributed by atoms with Gasteiger partial charge in [0.05, 0.1) is 24.8 Å². The Hall–Kier alpha value is -3.99. The van der Waals surface area contributed by atoms with Gasteiger partial charge in [-0.15, -0.1) is 11.3 Å². The van der Waals surface area contributed by atoms with Crippen LogP contribution >= 0.6 is 11.3 Å². The molecule has 3 aromatic rings. The zero-order chi connectivity index (χ0) is 25.7. The molecule has 0 saturated heterocycles. The number of carbonyl (C=O) groups excluding carboxylic acids is 2. The van der Waals surface area contributed by atoms with Crippen molar-refractivity contribution in [2.24, 2.45) is 5.92 Å². The lowest BCUT2D eigenvalue weighted by atomic mass is 10.0. The van der Waals surface area contributed by atoms with E-state index in [0.717, 1.165) is 0 Å². The summed E-state index contributed by atoms with van der Waals surface area (Å²) >= 11 is 1.19. The number of rotatable bonds is 9. The monoisotopic (exact) mass is 498 g/mol. The number of aromatic nitrogens is 1. The van der Waals surface area contributed by atoms with Gasteiger partial charge in [-0.1, -0.05) is 26.0 Å². The van der Waals surface area contributed by atoms with Crippen molar-refractivity contribution in [1.29, 1.82) is 0 Å². The number of hydrogen-bond donors (Lipinski definition) is 2. The fourth-order valence-corrected chi connectivity index (χ4v) is 4.03. The summed E-state index contributed by atoms with van der Waals surface area (Å²) in [5, 5.41) is 18.8. The van der Waals surface area contributed by atoms with Crippen LogP contribution in [0.1, 0.15) is 29.8 Å². The summed E-state index contributed by atoms with van der Waals surface area (Å²) in [5.74, 6) is -0.203. The van der Waals surface area contributed by atoms with Gasteiger partial charge in [-0.05, 0) is 25.0 Å². The number of ether oxygens (including phenoxy) is 2. The largest absolute Gasteiger partial charge is 0.497 e. The molecule has 1 aromatic heterocycles. The van der Waals surface area contributed by atoms with Crippen LogP contribution in [0.25, 0.3) is 11.3 Å². The first-order valence-electron chi connectivity index (χ1n) is 10.7. The summed E-state index contributed by atoms with van der Waals surface area (Å²) in [5.41, 5.74) is 1.91. The fourth-order valence-electron chi connectivity index (χ4n) is 3.31. The topological polar surface area (TPSA) is 133 Å². The Morgan fingerprint density at radius 3 is 2.31 bits per heavy atom. The van der Waals surface area contributed by atoms with Gasteiger partial charge in [-0.2, -0.15) is 0 Å². The lowest BCUT2D eigenvalue weighted by molar-refractivity contribution is -0.385. The number of nitro groups is 1. The lowest BCUT2D eigenvalue weighted by Crippen LogP contribution is -2.47. The predicted octanol–water partition coefficient (Wildman–Crippen LogP) is 4.44. The number of nitrogens with zero attached hydrogens (tertiary/aromatic N) is 2. The molecule has 0 aliphatic carbocycles. The van der Waals surface area contributed by atoms with Crippen molar-refractivity contribution in [1.82, 2.24) is 10.3 Å². The first kappa shape index (κ1) is 25.6. The average Bonchev–Trinajstić information content (AvgIpc) is 3.29. The molecule has 0 radical (unpaired) electrons. The summed E-state index contributed by atoms with van der Waals surface area (Å²) in [7, 11) is 2.97. The molecule has 2 N–H and O–H groups in total. The molecule has 2 aromatic carbocycles. The van der Waals surface area contributed by atoms with E-state index in [9.17, 15) is 19.7 Å². The number of methoxy groups -OCH3 is 2. The highest BCUT2D eigenvalue weighted by Crippen LogP contribution is 2.29. The van der Waals surface area contributed by atoms with Crippen molar-refractivity contribution < 1.29 is 24.0 Å². The summed E-state index contributed by atoms with van der Waals surface area (Å²) in [6.07, 6.45) is 0. The van der Waals surface area contributed by atoms with Crippen molar-refractivity contribution in [2.45, 2.75) is 26.8 Å². The number of hydrogen-bond acceptors (Lipinski definition) is 8. The Labute approximate surface area is 206 Å². The third kappa shape index (κ3) is 6.12. The first-order chi connectivity index (χ1) is 16.6. The maximum Gasteiger partial charge on any atom is 0.272 e. The average molecular weight is 499 g/mol. The van der Waals surface area contributed by atoms with Crippen molar-refractivity contribution in [3.63, 3.8) is 0 Å². The first-order valence-corrected chi connectivity index (χ1v) is 11.6. The lowest BCUT2D eigenvalue weighted by Gasteiger charge is -2.21. The van der Waals surface area contributed by atoms with Gasteiger partial charge < -0.3 is 20.1 Å². The van der Waals surface area contributed by atoms with Gasteiger partial charge >= 0.3 is 0 Å². The fraction of sp³-hybridized carbons (Fsp3) is 0.292. The molecule has 0 saturated carbocycles. The maximum absolute atomic E-state index is 13.0. The number of aryl methyl sites for hydroxylation is 1. The van der Waals surface area contributed by atoms with Crippen molar-refractivity contribution >= 4 is 34.0 Å². The Bertz CT molecular complexity index is 1230. The van der Waals surface area contributed by atoms with Gasteiger partial charge in [-0.3, -0.25) is 19.7 Å². The third-order valence-electron chi connectivity index (χ3n) is 5.29. The zero-order valence-electron chi connectivity index (χ0n) is 19.9. The number of anilines is 1. The minimum Gasteiger partial charge on any atom is -0.497 e. The van der Waals surface area contributed by atoms with Gasteiger partial charge in [0.25, 0.3) is 11.6 Å². The van der Waals surface area contributed by atoms with Gasteiger partial charge in [0.2, 0.25) is 5.91 Å². The highest BCUT2D eigenvalue weighted by molar-refractivity contribution is 7.14. The normalized spacial score (nSPS) is 11.6. The molecule has 0 fully saturated rings. The molecule has 0 bridgehead atoms. The molecule has 10 nitrogen and oxygen atoms in total. The Morgan fingerprint density at radius 2 is 1.74 bits per heavy atom. The number of nitrogens with one attached hydrogen (secondary N) is 2. The Kier molecular flexibility index (Phi) is 8.02. The summed E-state index contributed by atoms with van der Waals surface area (Å²) in [6.45, 7) is 5.29. The molecule has 184 valence electrons. The van der Waals surface area contributed by atoms with E-state index in [1.54, 1.807) is 42.6 Å². The van der Waals surface area contributed by atoms with Crippen LogP contribution < -0.4 is 20.1 Å². The van der Waals surface area contributed by atoms with E-state index in [2.05, 4.69) is 15.6 Å². The minimum atomic E-state index is -0.840. The third-order valence-corrected chi connectivity index (χ3v) is 6.04. The van der Waals surface area contributed by atoms with Crippen LogP contribution in [0.15, 0.2) is 41.8 Å². The van der Waals surface area contributed by atoms with Crippen LogP contribution in [-0.2, 0) is 4.79 Å². The molecule has 0 spiro atoms. The molecular formula is C24H26N4O6S. The van der Waals surface area contributed by atoms with E-state index in [1.165, 1.54) is 31.6 Å². The van der Waals surface area contributed by atoms with E-state index in [1.807, 2.05) is 13.8 Å². The smallest absolute Gasteiger partial charge is 0.272 e. The number of amides is 2. The number of nitro benzene ring substituents is 1. The molecule has 0 aliphatic rings. The molecule has 2 amide bonds. The van der Waals surface area contributed by atoms with Crippen molar-refractivity contribution in [2.75, 3.05) is 19.5 Å². The highest BCUT2D eigenvalue weighted by atomic mass is 32.1. The van der Waals surface area contributed by atoms with E-state index >= 15 is 0 Å². The quantitative estimate of drug-likeness (QED) is 0.329. The second-order valence-corrected chi connectivity index (χ2v) is 8.94. The van der Waals surface area contributed by atoms with E-state index in [0.29, 0.717) is 33.5 Å². The molecule has 1 atom stereocenters. The van der Waals surface area contributed by atoms with Gasteiger partial charge in [0.1, 0.15) is 17.5 Å². The molecule has 35 heavy (non-hydrogen) atoms. The Balaban J connectivity index is 1.76. The van der Waals surface area contributed by atoms with Crippen LogP contribution in [0, 0.1) is 23.0 Å².